The van der Waals surface area contributed by atoms with Crippen molar-refractivity contribution in [3.63, 3.8) is 0 Å². The Morgan fingerprint density at radius 1 is 0.929 bits per heavy atom. The minimum absolute atomic E-state index is 0.215. The molecule has 0 spiro atoms. The Bertz CT molecular complexity index is 1070. The lowest BCUT2D eigenvalue weighted by Gasteiger charge is -2.13. The van der Waals surface area contributed by atoms with Crippen LogP contribution in [0.1, 0.15) is 6.04 Å². The topological polar surface area (TPSA) is 106 Å². The maximum absolute atomic E-state index is 9.59. The van der Waals surface area contributed by atoms with Crippen LogP contribution in [0.5, 0.6) is 11.5 Å². The highest BCUT2D eigenvalue weighted by Gasteiger charge is 2.19. The van der Waals surface area contributed by atoms with Gasteiger partial charge in [0, 0.05) is 11.8 Å². The summed E-state index contributed by atoms with van der Waals surface area (Å²) >= 11 is 0. The third-order valence-electron chi connectivity index (χ3n) is 4.60. The van der Waals surface area contributed by atoms with Crippen molar-refractivity contribution in [2.75, 3.05) is 18.9 Å². The quantitative estimate of drug-likeness (QED) is 0.478. The average Bonchev–Trinajstić information content (AvgIpc) is 3.11. The van der Waals surface area contributed by atoms with Crippen molar-refractivity contribution in [2.24, 2.45) is 0 Å². The van der Waals surface area contributed by atoms with Gasteiger partial charge in [-0.2, -0.15) is 0 Å². The van der Waals surface area contributed by atoms with E-state index in [0.29, 0.717) is 22.6 Å². The van der Waals surface area contributed by atoms with Gasteiger partial charge in [0.05, 0.1) is 24.6 Å². The fourth-order valence-corrected chi connectivity index (χ4v) is 3.17. The van der Waals surface area contributed by atoms with Crippen LogP contribution in [0, 0.1) is 0 Å². The normalized spacial score (nSPS) is 11.2. The Morgan fingerprint density at radius 3 is 2.29 bits per heavy atom. The number of nitrogens with zero attached hydrogens (tertiary/aromatic N) is 3. The minimum atomic E-state index is -0.508. The van der Waals surface area contributed by atoms with Crippen LogP contribution in [-0.4, -0.2) is 38.0 Å². The molecule has 0 bridgehead atoms. The van der Waals surface area contributed by atoms with E-state index in [1.54, 1.807) is 4.57 Å². The van der Waals surface area contributed by atoms with Crippen LogP contribution in [-0.2, 0) is 0 Å². The van der Waals surface area contributed by atoms with Crippen molar-refractivity contribution >= 4 is 16.9 Å². The summed E-state index contributed by atoms with van der Waals surface area (Å²) in [6.07, 6.45) is 3.21. The predicted octanol–water partition coefficient (Wildman–Crippen LogP) is 3.00. The Morgan fingerprint density at radius 2 is 1.61 bits per heavy atom. The van der Waals surface area contributed by atoms with Gasteiger partial charge < -0.3 is 25.3 Å². The lowest BCUT2D eigenvalue weighted by Crippen LogP contribution is -2.16. The average molecular weight is 376 g/mol. The van der Waals surface area contributed by atoms with E-state index in [9.17, 15) is 10.2 Å². The van der Waals surface area contributed by atoms with E-state index in [1.165, 1.54) is 6.33 Å². The van der Waals surface area contributed by atoms with Gasteiger partial charge in [-0.25, -0.2) is 9.97 Å². The van der Waals surface area contributed by atoms with E-state index in [4.69, 9.17) is 10.5 Å². The zero-order valence-electron chi connectivity index (χ0n) is 15.1. The summed E-state index contributed by atoms with van der Waals surface area (Å²) in [6, 6.07) is 16.7. The van der Waals surface area contributed by atoms with Crippen molar-refractivity contribution in [2.45, 2.75) is 6.04 Å². The smallest absolute Gasteiger partial charge is 0.146 e. The number of hydrogen-bond acceptors (Lipinski definition) is 6. The summed E-state index contributed by atoms with van der Waals surface area (Å²) in [6.45, 7) is -0.430. The molecule has 0 radical (unpaired) electrons. The number of hydrogen-bond donors (Lipinski definition) is 3. The molecular weight excluding hydrogens is 356 g/mol. The molecule has 7 heteroatoms. The Kier molecular flexibility index (Phi) is 4.92. The molecule has 0 aliphatic rings. The summed E-state index contributed by atoms with van der Waals surface area (Å²) in [5.41, 5.74) is 8.41. The van der Waals surface area contributed by atoms with Crippen molar-refractivity contribution in [1.82, 2.24) is 14.5 Å². The number of aliphatic hydroxyl groups is 2. The van der Waals surface area contributed by atoms with E-state index in [2.05, 4.69) is 9.97 Å². The number of aromatic nitrogens is 3. The minimum Gasteiger partial charge on any atom is -0.457 e. The second kappa shape index (κ2) is 7.67. The van der Waals surface area contributed by atoms with E-state index in [0.717, 1.165) is 16.9 Å². The Hall–Kier alpha value is -3.42. The zero-order chi connectivity index (χ0) is 19.5. The molecule has 4 rings (SSSR count). The Balaban J connectivity index is 1.74. The highest BCUT2D eigenvalue weighted by molar-refractivity contribution is 6.00. The summed E-state index contributed by atoms with van der Waals surface area (Å²) in [4.78, 5) is 8.40. The van der Waals surface area contributed by atoms with E-state index >= 15 is 0 Å². The molecule has 4 aromatic rings. The van der Waals surface area contributed by atoms with Gasteiger partial charge in [-0.15, -0.1) is 0 Å². The highest BCUT2D eigenvalue weighted by atomic mass is 16.5. The number of benzene rings is 2. The Labute approximate surface area is 161 Å². The van der Waals surface area contributed by atoms with Gasteiger partial charge in [0.2, 0.25) is 0 Å². The van der Waals surface area contributed by atoms with Gasteiger partial charge in [0.1, 0.15) is 29.3 Å². The zero-order valence-corrected chi connectivity index (χ0v) is 15.1. The first-order valence-electron chi connectivity index (χ1n) is 8.87. The molecule has 0 saturated carbocycles. The molecule has 0 unspecified atom stereocenters. The van der Waals surface area contributed by atoms with Crippen molar-refractivity contribution in [3.8, 4) is 22.6 Å². The largest absolute Gasteiger partial charge is 0.457 e. The molecule has 7 nitrogen and oxygen atoms in total. The summed E-state index contributed by atoms with van der Waals surface area (Å²) < 4.78 is 7.57. The number of para-hydroxylation sites is 1. The predicted molar refractivity (Wildman–Crippen MR) is 107 cm³/mol. The molecule has 2 aromatic heterocycles. The number of rotatable bonds is 6. The molecule has 0 saturated heterocycles. The standard InChI is InChI=1S/C21H20N4O3/c22-20-19-18(10-25(15(11-26)12-27)21(19)24-13-23-20)14-6-8-17(9-7-14)28-16-4-2-1-3-5-16/h1-10,13,15,26-27H,11-12H2,(H2,22,23,24). The summed E-state index contributed by atoms with van der Waals surface area (Å²) in [7, 11) is 0. The van der Waals surface area contributed by atoms with Crippen LogP contribution >= 0.6 is 0 Å². The number of nitrogens with two attached hydrogens (primary N) is 1. The van der Waals surface area contributed by atoms with Crippen LogP contribution in [0.2, 0.25) is 0 Å². The number of fused-ring (bicyclic) bond motifs is 1. The van der Waals surface area contributed by atoms with Crippen molar-refractivity contribution in [1.29, 1.82) is 0 Å². The van der Waals surface area contributed by atoms with Crippen molar-refractivity contribution < 1.29 is 14.9 Å². The molecule has 0 fully saturated rings. The third kappa shape index (κ3) is 3.28. The number of nitrogen functional groups attached to an aromatic ring is 1. The van der Waals surface area contributed by atoms with Gasteiger partial charge in [-0.05, 0) is 29.8 Å². The number of ether oxygens (including phenoxy) is 1. The highest BCUT2D eigenvalue weighted by Crippen LogP contribution is 2.35. The molecule has 4 N–H and O–H groups in total. The van der Waals surface area contributed by atoms with Crippen LogP contribution < -0.4 is 10.5 Å². The van der Waals surface area contributed by atoms with Gasteiger partial charge in [-0.1, -0.05) is 30.3 Å². The molecule has 0 amide bonds. The first-order valence-corrected chi connectivity index (χ1v) is 8.87. The molecule has 2 aromatic carbocycles. The maximum atomic E-state index is 9.59. The monoisotopic (exact) mass is 376 g/mol. The van der Waals surface area contributed by atoms with Crippen LogP contribution in [0.3, 0.4) is 0 Å². The lowest BCUT2D eigenvalue weighted by atomic mass is 10.1. The van der Waals surface area contributed by atoms with Gasteiger partial charge in [0.15, 0.2) is 0 Å². The summed E-state index contributed by atoms with van der Waals surface area (Å²) in [5.74, 6) is 1.82. The van der Waals surface area contributed by atoms with E-state index in [-0.39, 0.29) is 13.2 Å². The maximum Gasteiger partial charge on any atom is 0.146 e. The molecule has 28 heavy (non-hydrogen) atoms. The fraction of sp³-hybridized carbons (Fsp3) is 0.143. The lowest BCUT2D eigenvalue weighted by molar-refractivity contribution is 0.157. The molecule has 2 heterocycles. The van der Waals surface area contributed by atoms with Crippen LogP contribution in [0.25, 0.3) is 22.2 Å². The van der Waals surface area contributed by atoms with E-state index in [1.807, 2.05) is 60.8 Å². The first kappa shape index (κ1) is 18.0. The van der Waals surface area contributed by atoms with Crippen LogP contribution in [0.15, 0.2) is 67.1 Å². The fourth-order valence-electron chi connectivity index (χ4n) is 3.17. The van der Waals surface area contributed by atoms with Crippen molar-refractivity contribution in [3.05, 3.63) is 67.1 Å². The summed E-state index contributed by atoms with van der Waals surface area (Å²) in [5, 5.41) is 19.9. The van der Waals surface area contributed by atoms with Gasteiger partial charge in [0.25, 0.3) is 0 Å². The molecule has 0 atom stereocenters. The van der Waals surface area contributed by atoms with Gasteiger partial charge in [-0.3, -0.25) is 0 Å². The van der Waals surface area contributed by atoms with E-state index < -0.39 is 6.04 Å². The molecule has 0 aliphatic carbocycles. The second-order valence-electron chi connectivity index (χ2n) is 6.37. The molecular formula is C21H20N4O3. The van der Waals surface area contributed by atoms with Crippen LogP contribution in [0.4, 0.5) is 5.82 Å². The third-order valence-corrected chi connectivity index (χ3v) is 4.60. The SMILES string of the molecule is Nc1ncnc2c1c(-c1ccc(Oc3ccccc3)cc1)cn2C(CO)CO. The first-order chi connectivity index (χ1) is 13.7. The molecule has 142 valence electrons. The number of aliphatic hydroxyl groups excluding tert-OH is 2. The van der Waals surface area contributed by atoms with Gasteiger partial charge >= 0.3 is 0 Å². The molecule has 0 aliphatic heterocycles. The number of anilines is 1. The second-order valence-corrected chi connectivity index (χ2v) is 6.37.